The number of hydrogen-bond donors (Lipinski definition) is 0. The molecule has 0 saturated carbocycles. The Labute approximate surface area is 154 Å². The molecule has 5 nitrogen and oxygen atoms in total. The Kier molecular flexibility index (Phi) is 4.20. The van der Waals surface area contributed by atoms with Crippen molar-refractivity contribution in [3.63, 3.8) is 0 Å². The normalized spacial score (nSPS) is 17.1. The lowest BCUT2D eigenvalue weighted by Crippen LogP contribution is -2.24. The van der Waals surface area contributed by atoms with Crippen molar-refractivity contribution in [1.29, 1.82) is 0 Å². The van der Waals surface area contributed by atoms with E-state index in [1.807, 2.05) is 12.1 Å². The minimum Gasteiger partial charge on any atom is -0.339 e. The quantitative estimate of drug-likeness (QED) is 0.686. The molecule has 26 heavy (non-hydrogen) atoms. The maximum Gasteiger partial charge on any atom is 0.232 e. The summed E-state index contributed by atoms with van der Waals surface area (Å²) >= 11 is 6.16. The number of rotatable bonds is 3. The third-order valence-corrected chi connectivity index (χ3v) is 4.83. The third-order valence-electron chi connectivity index (χ3n) is 4.50. The van der Waals surface area contributed by atoms with E-state index in [0.29, 0.717) is 40.1 Å². The van der Waals surface area contributed by atoms with Crippen LogP contribution < -0.4 is 4.90 Å². The van der Waals surface area contributed by atoms with Crippen LogP contribution in [0.4, 0.5) is 10.1 Å². The molecule has 0 bridgehead atoms. The third kappa shape index (κ3) is 2.97. The van der Waals surface area contributed by atoms with E-state index in [9.17, 15) is 9.18 Å². The van der Waals surface area contributed by atoms with Crippen LogP contribution in [0.2, 0.25) is 5.02 Å². The molecule has 7 heteroatoms. The van der Waals surface area contributed by atoms with E-state index in [4.69, 9.17) is 16.1 Å². The molecule has 1 aliphatic heterocycles. The lowest BCUT2D eigenvalue weighted by Gasteiger charge is -2.16. The monoisotopic (exact) mass is 371 g/mol. The van der Waals surface area contributed by atoms with Gasteiger partial charge in [-0.25, -0.2) is 4.39 Å². The van der Waals surface area contributed by atoms with Crippen molar-refractivity contribution >= 4 is 23.2 Å². The van der Waals surface area contributed by atoms with Crippen LogP contribution >= 0.6 is 11.6 Å². The summed E-state index contributed by atoms with van der Waals surface area (Å²) in [6, 6.07) is 12.0. The smallest absolute Gasteiger partial charge is 0.232 e. The van der Waals surface area contributed by atoms with Gasteiger partial charge < -0.3 is 9.42 Å². The number of anilines is 1. The standard InChI is InChI=1S/C19H15ClFN3O2/c1-11-6-7-13(9-16(11)21)24-10-12(8-17(24)25)19-22-18(23-26-19)14-4-2-3-5-15(14)20/h2-7,9,12H,8,10H2,1H3/t12-/m0/s1. The molecule has 3 aromatic rings. The van der Waals surface area contributed by atoms with Crippen molar-refractivity contribution in [2.24, 2.45) is 0 Å². The number of halogens is 2. The molecule has 0 unspecified atom stereocenters. The average molecular weight is 372 g/mol. The van der Waals surface area contributed by atoms with Crippen molar-refractivity contribution in [3.8, 4) is 11.4 Å². The molecule has 2 heterocycles. The Hall–Kier alpha value is -2.73. The maximum absolute atomic E-state index is 13.8. The Morgan fingerprint density at radius 1 is 1.27 bits per heavy atom. The van der Waals surface area contributed by atoms with Crippen LogP contribution in [0.15, 0.2) is 47.0 Å². The molecule has 1 aliphatic rings. The van der Waals surface area contributed by atoms with Crippen molar-refractivity contribution < 1.29 is 13.7 Å². The van der Waals surface area contributed by atoms with Crippen LogP contribution in [0.25, 0.3) is 11.4 Å². The summed E-state index contributed by atoms with van der Waals surface area (Å²) in [6.45, 7) is 2.05. The minimum absolute atomic E-state index is 0.101. The predicted octanol–water partition coefficient (Wildman–Crippen LogP) is 4.36. The molecule has 2 aromatic carbocycles. The van der Waals surface area contributed by atoms with Gasteiger partial charge in [0.2, 0.25) is 17.6 Å². The number of aryl methyl sites for hydroxylation is 1. The molecule has 4 rings (SSSR count). The van der Waals surface area contributed by atoms with Crippen molar-refractivity contribution in [3.05, 3.63) is 64.8 Å². The van der Waals surface area contributed by atoms with E-state index in [-0.39, 0.29) is 24.1 Å². The van der Waals surface area contributed by atoms with Crippen molar-refractivity contribution in [2.75, 3.05) is 11.4 Å². The number of benzene rings is 2. The van der Waals surface area contributed by atoms with Crippen LogP contribution in [0.1, 0.15) is 23.8 Å². The molecule has 1 fully saturated rings. The number of nitrogens with zero attached hydrogens (tertiary/aromatic N) is 3. The van der Waals surface area contributed by atoms with Gasteiger partial charge in [-0.05, 0) is 36.8 Å². The van der Waals surface area contributed by atoms with E-state index in [1.54, 1.807) is 36.1 Å². The fourth-order valence-electron chi connectivity index (χ4n) is 3.03. The van der Waals surface area contributed by atoms with Gasteiger partial charge in [0.25, 0.3) is 0 Å². The molecule has 1 amide bonds. The highest BCUT2D eigenvalue weighted by Crippen LogP contribution is 2.33. The van der Waals surface area contributed by atoms with Gasteiger partial charge in [-0.15, -0.1) is 0 Å². The Bertz CT molecular complexity index is 988. The Morgan fingerprint density at radius 3 is 2.85 bits per heavy atom. The predicted molar refractivity (Wildman–Crippen MR) is 95.6 cm³/mol. The van der Waals surface area contributed by atoms with Gasteiger partial charge in [0.15, 0.2) is 0 Å². The second-order valence-electron chi connectivity index (χ2n) is 6.27. The molecule has 1 aromatic heterocycles. The zero-order chi connectivity index (χ0) is 18.3. The zero-order valence-electron chi connectivity index (χ0n) is 13.9. The van der Waals surface area contributed by atoms with Crippen LogP contribution in [-0.2, 0) is 4.79 Å². The summed E-state index contributed by atoms with van der Waals surface area (Å²) in [4.78, 5) is 18.3. The molecule has 0 spiro atoms. The summed E-state index contributed by atoms with van der Waals surface area (Å²) < 4.78 is 19.2. The topological polar surface area (TPSA) is 59.2 Å². The van der Waals surface area contributed by atoms with Gasteiger partial charge in [-0.2, -0.15) is 4.98 Å². The first-order chi connectivity index (χ1) is 12.5. The first-order valence-electron chi connectivity index (χ1n) is 8.18. The van der Waals surface area contributed by atoms with E-state index in [2.05, 4.69) is 10.1 Å². The second kappa shape index (κ2) is 6.53. The SMILES string of the molecule is Cc1ccc(N2C[C@@H](c3nc(-c4ccccc4Cl)no3)CC2=O)cc1F. The Morgan fingerprint density at radius 2 is 2.08 bits per heavy atom. The lowest BCUT2D eigenvalue weighted by molar-refractivity contribution is -0.117. The summed E-state index contributed by atoms with van der Waals surface area (Å²) in [5.74, 6) is 0.0881. The number of carbonyl (C=O) groups is 1. The highest BCUT2D eigenvalue weighted by atomic mass is 35.5. The first-order valence-corrected chi connectivity index (χ1v) is 8.56. The number of aromatic nitrogens is 2. The molecule has 0 radical (unpaired) electrons. The van der Waals surface area contributed by atoms with E-state index < -0.39 is 0 Å². The molecule has 0 aliphatic carbocycles. The van der Waals surface area contributed by atoms with E-state index in [1.165, 1.54) is 6.07 Å². The summed E-state index contributed by atoms with van der Waals surface area (Å²) in [5.41, 5.74) is 1.75. The van der Waals surface area contributed by atoms with Crippen molar-refractivity contribution in [1.82, 2.24) is 10.1 Å². The summed E-state index contributed by atoms with van der Waals surface area (Å²) in [6.07, 6.45) is 0.236. The van der Waals surface area contributed by atoms with Gasteiger partial charge in [0.05, 0.1) is 10.9 Å². The lowest BCUT2D eigenvalue weighted by atomic mass is 10.1. The van der Waals surface area contributed by atoms with E-state index in [0.717, 1.165) is 0 Å². The van der Waals surface area contributed by atoms with Gasteiger partial charge >= 0.3 is 0 Å². The summed E-state index contributed by atoms with van der Waals surface area (Å²) in [7, 11) is 0. The second-order valence-corrected chi connectivity index (χ2v) is 6.68. The largest absolute Gasteiger partial charge is 0.339 e. The van der Waals surface area contributed by atoms with E-state index >= 15 is 0 Å². The molecule has 132 valence electrons. The van der Waals surface area contributed by atoms with Crippen LogP contribution in [-0.4, -0.2) is 22.6 Å². The van der Waals surface area contributed by atoms with Crippen LogP contribution in [0.5, 0.6) is 0 Å². The fraction of sp³-hybridized carbons (Fsp3) is 0.211. The van der Waals surface area contributed by atoms with Crippen LogP contribution in [0.3, 0.4) is 0 Å². The zero-order valence-corrected chi connectivity index (χ0v) is 14.7. The fourth-order valence-corrected chi connectivity index (χ4v) is 3.25. The van der Waals surface area contributed by atoms with Crippen LogP contribution in [0, 0.1) is 12.7 Å². The van der Waals surface area contributed by atoms with Crippen molar-refractivity contribution in [2.45, 2.75) is 19.3 Å². The van der Waals surface area contributed by atoms with Gasteiger partial charge in [0, 0.05) is 24.2 Å². The van der Waals surface area contributed by atoms with Gasteiger partial charge in [-0.3, -0.25) is 4.79 Å². The molecular weight excluding hydrogens is 357 g/mol. The van der Waals surface area contributed by atoms with Gasteiger partial charge in [0.1, 0.15) is 5.82 Å². The molecular formula is C19H15ClFN3O2. The minimum atomic E-state index is -0.336. The Balaban J connectivity index is 1.58. The maximum atomic E-state index is 13.8. The highest BCUT2D eigenvalue weighted by Gasteiger charge is 2.35. The average Bonchev–Trinajstić information content (AvgIpc) is 3.25. The first kappa shape index (κ1) is 16.7. The number of carbonyl (C=O) groups excluding carboxylic acids is 1. The molecule has 1 atom stereocenters. The van der Waals surface area contributed by atoms with Gasteiger partial charge in [-0.1, -0.05) is 35.0 Å². The number of hydrogen-bond acceptors (Lipinski definition) is 4. The number of amides is 1. The molecule has 1 saturated heterocycles. The molecule has 0 N–H and O–H groups in total. The highest BCUT2D eigenvalue weighted by molar-refractivity contribution is 6.33. The summed E-state index contributed by atoms with van der Waals surface area (Å²) in [5, 5.41) is 4.51.